The Balaban J connectivity index is 1.53. The largest absolute Gasteiger partial charge is 0.494 e. The van der Waals surface area contributed by atoms with Gasteiger partial charge in [-0.05, 0) is 48.4 Å². The minimum atomic E-state index is -0.227. The summed E-state index contributed by atoms with van der Waals surface area (Å²) in [7, 11) is 1.60. The lowest BCUT2D eigenvalue weighted by Crippen LogP contribution is -2.31. The van der Waals surface area contributed by atoms with E-state index in [2.05, 4.69) is 0 Å². The van der Waals surface area contributed by atoms with E-state index in [1.54, 1.807) is 36.3 Å². The molecule has 0 aliphatic carbocycles. The Hall–Kier alpha value is -4.04. The van der Waals surface area contributed by atoms with Crippen LogP contribution in [0.25, 0.3) is 10.2 Å². The number of methoxy groups -OCH3 is 1. The van der Waals surface area contributed by atoms with Crippen LogP contribution in [0.3, 0.4) is 0 Å². The third kappa shape index (κ3) is 4.28. The molecule has 0 N–H and O–H groups in total. The van der Waals surface area contributed by atoms with Gasteiger partial charge in [0, 0.05) is 18.4 Å². The van der Waals surface area contributed by atoms with Crippen LogP contribution < -0.4 is 14.5 Å². The third-order valence-corrected chi connectivity index (χ3v) is 7.21. The number of anilines is 2. The molecule has 0 saturated carbocycles. The molecule has 8 heteroatoms. The number of hydrogen-bond acceptors (Lipinski definition) is 6. The third-order valence-electron chi connectivity index (χ3n) is 6.00. The van der Waals surface area contributed by atoms with Gasteiger partial charge in [-0.1, -0.05) is 47.7 Å². The molecule has 0 atom stereocenters. The molecule has 1 aliphatic heterocycles. The number of fused-ring (bicyclic) bond motifs is 1. The number of aryl methyl sites for hydroxylation is 1. The Labute approximate surface area is 206 Å². The molecule has 3 aromatic carbocycles. The van der Waals surface area contributed by atoms with Crippen molar-refractivity contribution in [1.82, 2.24) is 4.98 Å². The first-order chi connectivity index (χ1) is 17.0. The predicted octanol–water partition coefficient (Wildman–Crippen LogP) is 5.11. The van der Waals surface area contributed by atoms with E-state index < -0.39 is 0 Å². The van der Waals surface area contributed by atoms with Crippen molar-refractivity contribution in [2.24, 2.45) is 0 Å². The van der Waals surface area contributed by atoms with Crippen LogP contribution in [0.5, 0.6) is 5.75 Å². The van der Waals surface area contributed by atoms with Gasteiger partial charge >= 0.3 is 0 Å². The number of rotatable bonds is 6. The molecule has 0 radical (unpaired) electrons. The molecular formula is C27H23N3O4S. The molecule has 5 rings (SSSR count). The van der Waals surface area contributed by atoms with Crippen LogP contribution in [0.15, 0.2) is 66.7 Å². The molecule has 0 bridgehead atoms. The number of ether oxygens (including phenoxy) is 1. The number of carbonyl (C=O) groups is 3. The molecule has 1 saturated heterocycles. The van der Waals surface area contributed by atoms with Gasteiger partial charge in [0.1, 0.15) is 11.3 Å². The lowest BCUT2D eigenvalue weighted by Gasteiger charge is -2.21. The summed E-state index contributed by atoms with van der Waals surface area (Å²) >= 11 is 1.44. The van der Waals surface area contributed by atoms with Gasteiger partial charge in [0.05, 0.1) is 24.0 Å². The molecule has 1 aliphatic rings. The fraction of sp³-hybridized carbons (Fsp3) is 0.185. The minimum absolute atomic E-state index is 0.213. The van der Waals surface area contributed by atoms with Crippen molar-refractivity contribution in [3.05, 3.63) is 83.4 Å². The number of aromatic nitrogens is 1. The van der Waals surface area contributed by atoms with E-state index in [9.17, 15) is 14.4 Å². The molecule has 0 spiro atoms. The maximum Gasteiger partial charge on any atom is 0.260 e. The number of carbonyl (C=O) groups excluding carboxylic acids is 3. The van der Waals surface area contributed by atoms with Gasteiger partial charge in [0.2, 0.25) is 11.8 Å². The lowest BCUT2D eigenvalue weighted by atomic mass is 10.1. The smallest absolute Gasteiger partial charge is 0.260 e. The van der Waals surface area contributed by atoms with Crippen molar-refractivity contribution >= 4 is 50.1 Å². The molecule has 7 nitrogen and oxygen atoms in total. The number of thiazole rings is 1. The molecule has 1 aromatic heterocycles. The number of benzene rings is 3. The van der Waals surface area contributed by atoms with Gasteiger partial charge in [-0.25, -0.2) is 4.98 Å². The number of amides is 3. The molecule has 0 unspecified atom stereocenters. The Kier molecular flexibility index (Phi) is 6.05. The second kappa shape index (κ2) is 9.31. The van der Waals surface area contributed by atoms with Crippen LogP contribution in [0.2, 0.25) is 0 Å². The first-order valence-corrected chi connectivity index (χ1v) is 12.0. The maximum atomic E-state index is 13.7. The molecule has 176 valence electrons. The predicted molar refractivity (Wildman–Crippen MR) is 136 cm³/mol. The van der Waals surface area contributed by atoms with Crippen LogP contribution in [0, 0.1) is 6.92 Å². The van der Waals surface area contributed by atoms with Crippen LogP contribution in [0.1, 0.15) is 34.3 Å². The van der Waals surface area contributed by atoms with Crippen molar-refractivity contribution in [3.63, 3.8) is 0 Å². The summed E-state index contributed by atoms with van der Waals surface area (Å²) in [5, 5.41) is 0.565. The number of imide groups is 1. The van der Waals surface area contributed by atoms with E-state index >= 15 is 0 Å². The Morgan fingerprint density at radius 3 is 2.34 bits per heavy atom. The van der Waals surface area contributed by atoms with E-state index in [-0.39, 0.29) is 30.6 Å². The van der Waals surface area contributed by atoms with Crippen molar-refractivity contribution < 1.29 is 19.1 Å². The van der Waals surface area contributed by atoms with Gasteiger partial charge in [-0.2, -0.15) is 0 Å². The molecule has 3 amide bonds. The molecule has 4 aromatic rings. The summed E-state index contributed by atoms with van der Waals surface area (Å²) in [6.45, 7) is 2.35. The number of hydrogen-bond donors (Lipinski definition) is 0. The van der Waals surface area contributed by atoms with Crippen LogP contribution in [-0.4, -0.2) is 29.8 Å². The maximum absolute atomic E-state index is 13.7. The first-order valence-electron chi connectivity index (χ1n) is 11.2. The van der Waals surface area contributed by atoms with E-state index in [1.165, 1.54) is 16.2 Å². The molecule has 1 fully saturated rings. The van der Waals surface area contributed by atoms with Crippen LogP contribution in [0.4, 0.5) is 10.8 Å². The molecule has 35 heavy (non-hydrogen) atoms. The summed E-state index contributed by atoms with van der Waals surface area (Å²) in [5.41, 5.74) is 3.66. The van der Waals surface area contributed by atoms with Gasteiger partial charge in [-0.3, -0.25) is 24.2 Å². The normalized spacial score (nSPS) is 13.5. The zero-order valence-electron chi connectivity index (χ0n) is 19.4. The highest BCUT2D eigenvalue weighted by atomic mass is 32.1. The average molecular weight is 486 g/mol. The summed E-state index contributed by atoms with van der Waals surface area (Å²) in [6, 6.07) is 20.2. The Morgan fingerprint density at radius 2 is 1.69 bits per heavy atom. The average Bonchev–Trinajstić information content (AvgIpc) is 3.47. The molecule has 2 heterocycles. The van der Waals surface area contributed by atoms with E-state index in [4.69, 9.17) is 9.72 Å². The fourth-order valence-electron chi connectivity index (χ4n) is 4.14. The quantitative estimate of drug-likeness (QED) is 0.355. The van der Waals surface area contributed by atoms with Gasteiger partial charge < -0.3 is 4.74 Å². The van der Waals surface area contributed by atoms with Crippen molar-refractivity contribution in [3.8, 4) is 5.75 Å². The molecular weight excluding hydrogens is 462 g/mol. The van der Waals surface area contributed by atoms with Crippen molar-refractivity contribution in [2.45, 2.75) is 26.3 Å². The standard InChI is InChI=1S/C27H23N3O4S/c1-17-8-13-21(34-2)24-25(17)35-27(28-24)29(16-18-6-4-3-5-7-18)26(33)19-9-11-20(12-10-19)30-22(31)14-15-23(30)32/h3-13H,14-16H2,1-2H3. The zero-order valence-corrected chi connectivity index (χ0v) is 20.2. The highest BCUT2D eigenvalue weighted by Crippen LogP contribution is 2.37. The second-order valence-corrected chi connectivity index (χ2v) is 9.28. The first kappa shape index (κ1) is 22.7. The van der Waals surface area contributed by atoms with E-state index in [0.717, 1.165) is 21.3 Å². The number of nitrogens with zero attached hydrogens (tertiary/aromatic N) is 3. The monoisotopic (exact) mass is 485 g/mol. The summed E-state index contributed by atoms with van der Waals surface area (Å²) < 4.78 is 6.46. The fourth-order valence-corrected chi connectivity index (χ4v) is 5.19. The van der Waals surface area contributed by atoms with Crippen LogP contribution in [-0.2, 0) is 16.1 Å². The van der Waals surface area contributed by atoms with Gasteiger partial charge in [0.15, 0.2) is 5.13 Å². The summed E-state index contributed by atoms with van der Waals surface area (Å²) in [6.07, 6.45) is 0.426. The minimum Gasteiger partial charge on any atom is -0.494 e. The van der Waals surface area contributed by atoms with Gasteiger partial charge in [0.25, 0.3) is 5.91 Å². The Morgan fingerprint density at radius 1 is 1.00 bits per heavy atom. The highest BCUT2D eigenvalue weighted by molar-refractivity contribution is 7.22. The SMILES string of the molecule is COc1ccc(C)c2sc(N(Cc3ccccc3)C(=O)c3ccc(N4C(=O)CCC4=O)cc3)nc12. The van der Waals surface area contributed by atoms with Crippen LogP contribution >= 0.6 is 11.3 Å². The topological polar surface area (TPSA) is 79.8 Å². The van der Waals surface area contributed by atoms with Gasteiger partial charge in [-0.15, -0.1) is 0 Å². The van der Waals surface area contributed by atoms with Crippen molar-refractivity contribution in [1.29, 1.82) is 0 Å². The van der Waals surface area contributed by atoms with E-state index in [1.807, 2.05) is 49.4 Å². The summed E-state index contributed by atoms with van der Waals surface area (Å²) in [4.78, 5) is 45.5. The van der Waals surface area contributed by atoms with E-state index in [0.29, 0.717) is 28.7 Å². The second-order valence-electron chi connectivity index (χ2n) is 8.31. The summed E-state index contributed by atoms with van der Waals surface area (Å²) in [5.74, 6) is -0.0168. The zero-order chi connectivity index (χ0) is 24.5. The van der Waals surface area contributed by atoms with Crippen molar-refractivity contribution in [2.75, 3.05) is 16.9 Å². The highest BCUT2D eigenvalue weighted by Gasteiger charge is 2.30. The lowest BCUT2D eigenvalue weighted by molar-refractivity contribution is -0.121. The Bertz CT molecular complexity index is 1410.